The topological polar surface area (TPSA) is 105 Å². The number of nitrogens with zero attached hydrogens (tertiary/aromatic N) is 8. The smallest absolute Gasteiger partial charge is 0.407 e. The third-order valence-corrected chi connectivity index (χ3v) is 9.37. The Bertz CT molecular complexity index is 1700. The second-order valence-electron chi connectivity index (χ2n) is 12.2. The molecular weight excluding hydrogens is 576 g/mol. The van der Waals surface area contributed by atoms with Crippen molar-refractivity contribution in [2.24, 2.45) is 4.99 Å². The summed E-state index contributed by atoms with van der Waals surface area (Å²) in [4.78, 5) is 20.3. The van der Waals surface area contributed by atoms with Gasteiger partial charge in [-0.3, -0.25) is 19.1 Å². The molecule has 228 valence electrons. The molecule has 1 saturated heterocycles. The molecule has 2 aromatic heterocycles. The largest absolute Gasteiger partial charge is 0.465 e. The molecule has 1 amide bonds. The highest BCUT2D eigenvalue weighted by molar-refractivity contribution is 6.30. The maximum absolute atomic E-state index is 11.1. The minimum Gasteiger partial charge on any atom is -0.465 e. The van der Waals surface area contributed by atoms with Gasteiger partial charge in [-0.05, 0) is 69.0 Å². The number of aliphatic imine (C=N–C) groups is 1. The molecule has 2 aromatic carbocycles. The third-order valence-electron chi connectivity index (χ3n) is 9.12. The van der Waals surface area contributed by atoms with Crippen LogP contribution in [0.5, 0.6) is 0 Å². The number of benzene rings is 2. The van der Waals surface area contributed by atoms with E-state index in [9.17, 15) is 4.79 Å². The molecule has 0 radical (unpaired) electrons. The summed E-state index contributed by atoms with van der Waals surface area (Å²) in [7, 11) is 0. The van der Waals surface area contributed by atoms with Crippen LogP contribution < -0.4 is 0 Å². The number of carboxylic acid groups (broad SMARTS) is 1. The van der Waals surface area contributed by atoms with Gasteiger partial charge in [0.2, 0.25) is 0 Å². The van der Waals surface area contributed by atoms with Crippen molar-refractivity contribution >= 4 is 23.4 Å². The minimum absolute atomic E-state index is 0.338. The zero-order chi connectivity index (χ0) is 30.3. The molecule has 2 aliphatic heterocycles. The molecule has 2 fully saturated rings. The summed E-state index contributed by atoms with van der Waals surface area (Å²) in [6.07, 6.45) is 9.71. The number of fused-ring (bicyclic) bond motifs is 4. The van der Waals surface area contributed by atoms with Crippen molar-refractivity contribution in [1.82, 2.24) is 34.3 Å². The average Bonchev–Trinajstić information content (AvgIpc) is 3.51. The summed E-state index contributed by atoms with van der Waals surface area (Å²) >= 11 is 6.25. The van der Waals surface area contributed by atoms with Crippen molar-refractivity contribution < 1.29 is 9.90 Å². The van der Waals surface area contributed by atoms with Crippen LogP contribution >= 0.6 is 11.6 Å². The van der Waals surface area contributed by atoms with E-state index >= 15 is 0 Å². The molecule has 1 N–H and O–H groups in total. The summed E-state index contributed by atoms with van der Waals surface area (Å²) in [5, 5.41) is 23.5. The molecular formula is C33H37ClN8O2. The fourth-order valence-corrected chi connectivity index (χ4v) is 6.54. The van der Waals surface area contributed by atoms with Crippen LogP contribution in [0.15, 0.2) is 59.9 Å². The molecule has 11 heteroatoms. The molecule has 0 bridgehead atoms. The van der Waals surface area contributed by atoms with Gasteiger partial charge in [0.05, 0.1) is 17.6 Å². The number of unbranched alkanes of at least 4 members (excludes halogenated alkanes) is 3. The van der Waals surface area contributed by atoms with E-state index in [-0.39, 0.29) is 5.54 Å². The van der Waals surface area contributed by atoms with Gasteiger partial charge in [0.15, 0.2) is 5.82 Å². The number of aryl methyl sites for hydroxylation is 2. The molecule has 0 unspecified atom stereocenters. The molecule has 1 spiro atoms. The quantitative estimate of drug-likeness (QED) is 0.240. The Labute approximate surface area is 262 Å². The fraction of sp³-hybridized carbons (Fsp3) is 0.424. The van der Waals surface area contributed by atoms with E-state index in [1.807, 2.05) is 42.1 Å². The van der Waals surface area contributed by atoms with E-state index in [1.165, 1.54) is 4.90 Å². The normalized spacial score (nSPS) is 17.2. The Morgan fingerprint density at radius 3 is 2.36 bits per heavy atom. The monoisotopic (exact) mass is 612 g/mol. The first-order chi connectivity index (χ1) is 21.4. The lowest BCUT2D eigenvalue weighted by molar-refractivity contribution is 0.105. The second kappa shape index (κ2) is 11.8. The third kappa shape index (κ3) is 5.64. The molecule has 7 rings (SSSR count). The number of hydrogen-bond acceptors (Lipinski definition) is 6. The zero-order valence-electron chi connectivity index (χ0n) is 25.0. The van der Waals surface area contributed by atoms with Gasteiger partial charge in [0.25, 0.3) is 0 Å². The molecule has 3 aliphatic rings. The Morgan fingerprint density at radius 2 is 1.64 bits per heavy atom. The summed E-state index contributed by atoms with van der Waals surface area (Å²) < 4.78 is 4.22. The highest BCUT2D eigenvalue weighted by Gasteiger charge is 2.51. The van der Waals surface area contributed by atoms with Crippen molar-refractivity contribution in [2.45, 2.75) is 57.5 Å². The average molecular weight is 613 g/mol. The fourth-order valence-electron chi connectivity index (χ4n) is 6.42. The number of piperazine rings is 1. The van der Waals surface area contributed by atoms with E-state index in [2.05, 4.69) is 49.2 Å². The maximum atomic E-state index is 11.1. The van der Waals surface area contributed by atoms with Gasteiger partial charge in [-0.15, -0.1) is 10.2 Å². The van der Waals surface area contributed by atoms with Gasteiger partial charge in [-0.25, -0.2) is 4.79 Å². The van der Waals surface area contributed by atoms with E-state index in [0.717, 1.165) is 110 Å². The van der Waals surface area contributed by atoms with Crippen LogP contribution in [0, 0.1) is 6.92 Å². The van der Waals surface area contributed by atoms with Crippen molar-refractivity contribution in [1.29, 1.82) is 0 Å². The minimum atomic E-state index is -0.808. The Balaban J connectivity index is 1.04. The van der Waals surface area contributed by atoms with Crippen molar-refractivity contribution in [3.05, 3.63) is 82.7 Å². The van der Waals surface area contributed by atoms with Crippen LogP contribution in [0.3, 0.4) is 0 Å². The van der Waals surface area contributed by atoms with Crippen LogP contribution in [-0.2, 0) is 12.1 Å². The first-order valence-corrected chi connectivity index (χ1v) is 15.9. The van der Waals surface area contributed by atoms with Crippen LogP contribution in [0.2, 0.25) is 5.02 Å². The highest BCUT2D eigenvalue weighted by atomic mass is 35.5. The summed E-state index contributed by atoms with van der Waals surface area (Å²) in [5.41, 5.74) is 5.92. The Hall–Kier alpha value is -4.02. The van der Waals surface area contributed by atoms with Gasteiger partial charge < -0.3 is 10.0 Å². The highest BCUT2D eigenvalue weighted by Crippen LogP contribution is 2.51. The molecule has 1 saturated carbocycles. The molecule has 44 heavy (non-hydrogen) atoms. The van der Waals surface area contributed by atoms with Gasteiger partial charge in [0, 0.05) is 60.6 Å². The first kappa shape index (κ1) is 28.7. The lowest BCUT2D eigenvalue weighted by Gasteiger charge is -2.33. The van der Waals surface area contributed by atoms with E-state index in [0.29, 0.717) is 18.1 Å². The Kier molecular flexibility index (Phi) is 7.72. The lowest BCUT2D eigenvalue weighted by atomic mass is 9.96. The number of halogens is 1. The molecule has 4 heterocycles. The molecule has 0 atom stereocenters. The van der Waals surface area contributed by atoms with E-state index in [1.54, 1.807) is 0 Å². The predicted molar refractivity (Wildman–Crippen MR) is 170 cm³/mol. The van der Waals surface area contributed by atoms with Gasteiger partial charge >= 0.3 is 6.09 Å². The van der Waals surface area contributed by atoms with Gasteiger partial charge in [0.1, 0.15) is 11.4 Å². The zero-order valence-corrected chi connectivity index (χ0v) is 25.7. The number of hydrogen-bond donors (Lipinski definition) is 1. The number of rotatable bonds is 9. The van der Waals surface area contributed by atoms with Gasteiger partial charge in [-0.1, -0.05) is 42.6 Å². The number of aromatic nitrogens is 5. The molecule has 1 aliphatic carbocycles. The summed E-state index contributed by atoms with van der Waals surface area (Å²) in [5.74, 6) is 1.78. The van der Waals surface area contributed by atoms with Crippen molar-refractivity contribution in [3.8, 4) is 16.8 Å². The van der Waals surface area contributed by atoms with Crippen LogP contribution in [0.4, 0.5) is 4.79 Å². The first-order valence-electron chi connectivity index (χ1n) is 15.6. The lowest BCUT2D eigenvalue weighted by Crippen LogP contribution is -2.48. The van der Waals surface area contributed by atoms with Crippen LogP contribution in [0.25, 0.3) is 16.8 Å². The standard InChI is InChI=1S/C33H37ClN8O2/c1-23-37-38-31-33(12-13-33)36-30(24-6-9-27(34)10-7-24)28-20-25(8-11-29(28)42(23)31)26-21-35-41(22-26)15-5-3-2-4-14-39-16-18-40(19-17-39)32(43)44/h6-11,20-22H,2-5,12-19H2,1H3,(H,43,44). The maximum Gasteiger partial charge on any atom is 0.407 e. The van der Waals surface area contributed by atoms with Gasteiger partial charge in [-0.2, -0.15) is 5.10 Å². The van der Waals surface area contributed by atoms with E-state index in [4.69, 9.17) is 21.7 Å². The van der Waals surface area contributed by atoms with Crippen molar-refractivity contribution in [2.75, 3.05) is 32.7 Å². The second-order valence-corrected chi connectivity index (χ2v) is 12.6. The van der Waals surface area contributed by atoms with Crippen LogP contribution in [-0.4, -0.2) is 84.0 Å². The summed E-state index contributed by atoms with van der Waals surface area (Å²) in [6.45, 7) is 6.81. The molecule has 10 nitrogen and oxygen atoms in total. The van der Waals surface area contributed by atoms with Crippen LogP contribution in [0.1, 0.15) is 61.3 Å². The van der Waals surface area contributed by atoms with E-state index < -0.39 is 6.09 Å². The summed E-state index contributed by atoms with van der Waals surface area (Å²) in [6, 6.07) is 14.5. The number of carbonyl (C=O) groups is 1. The number of amides is 1. The Morgan fingerprint density at radius 1 is 0.909 bits per heavy atom. The predicted octanol–water partition coefficient (Wildman–Crippen LogP) is 5.79. The molecule has 4 aromatic rings. The van der Waals surface area contributed by atoms with Crippen molar-refractivity contribution in [3.63, 3.8) is 0 Å². The SMILES string of the molecule is Cc1nnc2n1-c1ccc(-c3cnn(CCCCCCN4CCN(C(=O)O)CC4)c3)cc1C(c1ccc(Cl)cc1)=NC21CC1.